The number of fused-ring (bicyclic) bond motifs is 20. The van der Waals surface area contributed by atoms with E-state index in [2.05, 4.69) is 336 Å². The maximum atomic E-state index is 14.8. The minimum atomic E-state index is -1.22. The number of aromatic amines is 1. The van der Waals surface area contributed by atoms with Gasteiger partial charge >= 0.3 is 0 Å². The average Bonchev–Trinajstić information content (AvgIpc) is 1.54. The third kappa shape index (κ3) is 14.8. The first kappa shape index (κ1) is 82.4. The molecule has 15 heteroatoms. The number of hydrogen-bond acceptors (Lipinski definition) is 8. The maximum absolute atomic E-state index is 14.8. The predicted octanol–water partition coefficient (Wildman–Crippen LogP) is 32.4. The highest BCUT2D eigenvalue weighted by atomic mass is 19.1. The van der Waals surface area contributed by atoms with Crippen molar-refractivity contribution in [3.63, 3.8) is 0 Å². The number of H-pyrrole nitrogens is 1. The van der Waals surface area contributed by atoms with E-state index in [1.165, 1.54) is 49.3 Å². The number of aromatic nitrogens is 12. The Balaban J connectivity index is 0.000000127. The van der Waals surface area contributed by atoms with Gasteiger partial charge in [0.15, 0.2) is 34.9 Å². The Morgan fingerprint density at radius 3 is 1.01 bits per heavy atom. The van der Waals surface area contributed by atoms with Crippen LogP contribution in [0, 0.1) is 28.5 Å². The van der Waals surface area contributed by atoms with Gasteiger partial charge in [-0.1, -0.05) is 299 Å². The molecule has 0 saturated heterocycles. The molecule has 0 radical (unpaired) electrons. The smallest absolute Gasteiger partial charge is 0.164 e. The highest BCUT2D eigenvalue weighted by molar-refractivity contribution is 6.28. The quantitative estimate of drug-likeness (QED) is 0.119. The molecule has 8 aromatic heterocycles. The van der Waals surface area contributed by atoms with Gasteiger partial charge in [0.1, 0.15) is 18.0 Å². The van der Waals surface area contributed by atoms with Crippen molar-refractivity contribution < 1.29 is 8.50 Å². The summed E-state index contributed by atoms with van der Waals surface area (Å²) in [5.41, 5.74) is 26.0. The topological polar surface area (TPSA) is 165 Å². The molecule has 0 bridgehead atoms. The molecule has 144 heavy (non-hydrogen) atoms. The van der Waals surface area contributed by atoms with Crippen molar-refractivity contribution in [3.8, 4) is 131 Å². The van der Waals surface area contributed by atoms with E-state index in [0.717, 1.165) is 143 Å². The molecule has 0 saturated carbocycles. The largest absolute Gasteiger partial charge is 0.354 e. The number of nitrogens with zero attached hydrogens (tertiary/aromatic N) is 13. The summed E-state index contributed by atoms with van der Waals surface area (Å²) in [6.45, 7) is 0. The first-order valence-corrected chi connectivity index (χ1v) is 47.3. The number of para-hydroxylation sites is 10. The first-order chi connectivity index (χ1) is 72.0. The maximum Gasteiger partial charge on any atom is 0.164 e. The van der Waals surface area contributed by atoms with E-state index in [1.807, 2.05) is 158 Å². The molecule has 20 aromatic carbocycles. The number of benzene rings is 20. The van der Waals surface area contributed by atoms with Crippen LogP contribution in [0.4, 0.5) is 4.39 Å². The summed E-state index contributed by atoms with van der Waals surface area (Å²) in [6, 6.07) is 159. The van der Waals surface area contributed by atoms with Gasteiger partial charge < -0.3 is 27.8 Å². The van der Waals surface area contributed by atoms with Crippen molar-refractivity contribution in [1.82, 2.24) is 57.7 Å². The molecule has 0 fully saturated rings. The molecule has 0 spiro atoms. The molecule has 14 nitrogen and oxygen atoms in total. The van der Waals surface area contributed by atoms with Crippen molar-refractivity contribution in [2.45, 2.75) is 7.43 Å². The summed E-state index contributed by atoms with van der Waals surface area (Å²) in [7, 11) is 0. The number of nitriles is 2. The summed E-state index contributed by atoms with van der Waals surface area (Å²) in [4.78, 5) is 33.7. The SMILES string of the molecule is C.N#Cc1cc(-c2nc(-c3cccc(-c4ccccc4)c3)nc(-c3ccc4c(c3)c3ccccc3n4-c3ccccc3)n2)ccc1-n1c2ccccc2c2ccc3c(c4ccccc4n3-c3ccccc3)c21.[2H]c1c([2H])c(-c2nc(-c3cccc(-c4ccccc4)c3)nc(-c3ccc4c(c3)c3ccccc3n4-c3ccccc3)n2)c([2H])c(C#N)c1F.c1ccc(-n2c3ccccc3c3c4[nH]c5ccccc5c4ccc32)cc1. The van der Waals surface area contributed by atoms with Crippen LogP contribution in [-0.4, -0.2) is 57.7 Å². The van der Waals surface area contributed by atoms with Crippen LogP contribution in [0.2, 0.25) is 0 Å². The van der Waals surface area contributed by atoms with Crippen molar-refractivity contribution in [1.29, 1.82) is 10.5 Å². The van der Waals surface area contributed by atoms with Crippen LogP contribution in [0.25, 0.3) is 250 Å². The van der Waals surface area contributed by atoms with Gasteiger partial charge in [-0.15, -0.1) is 0 Å². The van der Waals surface area contributed by atoms with Crippen LogP contribution in [0.3, 0.4) is 0 Å². The number of nitrogens with one attached hydrogen (secondary N) is 1. The molecule has 28 rings (SSSR count). The van der Waals surface area contributed by atoms with Crippen molar-refractivity contribution in [3.05, 3.63) is 490 Å². The fraction of sp³-hybridized carbons (Fsp3) is 0.00775. The standard InChI is InChI=1S/C64H39N7.C40H24FN5.C24H16N2.CH4/c65-40-46-38-44(31-34-54(46)71-56-29-14-10-25-49(56)51-33-36-59-60(61(51)71)52-27-12-15-30-57(52)70(59)48-23-8-3-9-24-48)63-66-62(43-20-16-19-42(37-43)41-17-4-1-5-18-41)67-64(68-63)45-32-35-58-53(39-45)50-26-11-13-28-55(50)69(58)47-21-6-2-7-22-47;41-35-20-18-29(23-31(35)25-42)39-43-38(28-13-9-12-27(22-28)26-10-3-1-4-11-26)44-40(45-39)30-19-21-37-34(24-30)33-16-7-8-17-36(33)46(37)32-14-5-2-6-15-32;1-2-8-16(9-3-1)26-21-13-7-5-11-19(21)23-22(26)15-14-18-17-10-4-6-12-20(17)25-24(18)23;/h1-39H;1-24H;1-15,25H;1H4/i;18D,20D,23D;;. The molecule has 0 aliphatic heterocycles. The molecule has 0 atom stereocenters. The molecule has 8 heterocycles. The van der Waals surface area contributed by atoms with E-state index in [1.54, 1.807) is 6.07 Å². The molecular weight excluding hydrogens is 1760 g/mol. The molecular formula is C129H83FN14. The Morgan fingerprint density at radius 1 is 0.236 bits per heavy atom. The van der Waals surface area contributed by atoms with Crippen LogP contribution < -0.4 is 0 Å². The van der Waals surface area contributed by atoms with Crippen molar-refractivity contribution in [2.75, 3.05) is 0 Å². The van der Waals surface area contributed by atoms with E-state index >= 15 is 0 Å². The summed E-state index contributed by atoms with van der Waals surface area (Å²) < 4.78 is 51.8. The Hall–Kier alpha value is -19.9. The fourth-order valence-electron chi connectivity index (χ4n) is 20.8. The first-order valence-electron chi connectivity index (χ1n) is 48.8. The lowest BCUT2D eigenvalue weighted by atomic mass is 10.0. The second-order valence-electron chi connectivity index (χ2n) is 35.4. The Labute approximate surface area is 830 Å². The summed E-state index contributed by atoms with van der Waals surface area (Å²) >= 11 is 0. The van der Waals surface area contributed by atoms with Crippen LogP contribution in [0.1, 0.15) is 22.7 Å². The van der Waals surface area contributed by atoms with Crippen LogP contribution in [0.15, 0.2) is 473 Å². The Kier molecular flexibility index (Phi) is 20.6. The third-order valence-corrected chi connectivity index (χ3v) is 27.1. The Bertz CT molecular complexity index is 10200. The molecule has 0 unspecified atom stereocenters. The second kappa shape index (κ2) is 35.9. The van der Waals surface area contributed by atoms with E-state index < -0.39 is 29.5 Å². The van der Waals surface area contributed by atoms with Crippen LogP contribution in [-0.2, 0) is 0 Å². The normalized spacial score (nSPS) is 11.7. The zero-order valence-corrected chi connectivity index (χ0v) is 76.5. The van der Waals surface area contributed by atoms with E-state index in [0.29, 0.717) is 39.7 Å². The second-order valence-corrected chi connectivity index (χ2v) is 35.4. The molecule has 1 N–H and O–H groups in total. The number of rotatable bonds is 13. The molecule has 28 aromatic rings. The molecule has 0 aliphatic rings. The lowest BCUT2D eigenvalue weighted by molar-refractivity contribution is 0.624. The highest BCUT2D eigenvalue weighted by Gasteiger charge is 2.27. The third-order valence-electron chi connectivity index (χ3n) is 27.1. The highest BCUT2D eigenvalue weighted by Crippen LogP contribution is 2.47. The lowest BCUT2D eigenvalue weighted by Crippen LogP contribution is -2.02. The zero-order chi connectivity index (χ0) is 97.7. The van der Waals surface area contributed by atoms with Crippen molar-refractivity contribution in [2.24, 2.45) is 0 Å². The molecule has 676 valence electrons. The van der Waals surface area contributed by atoms with E-state index in [9.17, 15) is 14.9 Å². The van der Waals surface area contributed by atoms with Gasteiger partial charge in [0.2, 0.25) is 0 Å². The molecule has 0 amide bonds. The average molecular weight is 1850 g/mol. The fourth-order valence-corrected chi connectivity index (χ4v) is 20.8. The van der Waals surface area contributed by atoms with Gasteiger partial charge in [-0.05, 0) is 204 Å². The van der Waals surface area contributed by atoms with E-state index in [4.69, 9.17) is 29.0 Å². The van der Waals surface area contributed by atoms with Gasteiger partial charge in [0.25, 0.3) is 0 Å². The minimum Gasteiger partial charge on any atom is -0.354 e. The summed E-state index contributed by atoms with van der Waals surface area (Å²) in [5.74, 6) is 0.756. The molecule has 0 aliphatic carbocycles. The number of halogens is 1. The van der Waals surface area contributed by atoms with Gasteiger partial charge in [-0.25, -0.2) is 34.3 Å². The zero-order valence-electron chi connectivity index (χ0n) is 79.5. The van der Waals surface area contributed by atoms with Gasteiger partial charge in [-0.2, -0.15) is 10.5 Å². The summed E-state index contributed by atoms with van der Waals surface area (Å²) in [5, 5.41) is 34.7. The van der Waals surface area contributed by atoms with Gasteiger partial charge in [-0.3, -0.25) is 0 Å². The van der Waals surface area contributed by atoms with Crippen LogP contribution >= 0.6 is 0 Å². The monoisotopic (exact) mass is 1850 g/mol. The Morgan fingerprint density at radius 2 is 0.556 bits per heavy atom. The lowest BCUT2D eigenvalue weighted by Gasteiger charge is -2.13. The van der Waals surface area contributed by atoms with Crippen molar-refractivity contribution >= 4 is 131 Å². The number of hydrogen-bond donors (Lipinski definition) is 1. The van der Waals surface area contributed by atoms with Crippen LogP contribution in [0.5, 0.6) is 0 Å². The summed E-state index contributed by atoms with van der Waals surface area (Å²) in [6.07, 6.45) is 0. The van der Waals surface area contributed by atoms with Gasteiger partial charge in [0.05, 0.1) is 81.6 Å². The van der Waals surface area contributed by atoms with Gasteiger partial charge in [0, 0.05) is 126 Å². The minimum absolute atomic E-state index is 0. The predicted molar refractivity (Wildman–Crippen MR) is 587 cm³/mol. The van der Waals surface area contributed by atoms with E-state index in [-0.39, 0.29) is 30.5 Å².